The zero-order valence-electron chi connectivity index (χ0n) is 11.0. The van der Waals surface area contributed by atoms with E-state index in [1.165, 1.54) is 6.07 Å². The highest BCUT2D eigenvalue weighted by Crippen LogP contribution is 2.09. The summed E-state index contributed by atoms with van der Waals surface area (Å²) in [6, 6.07) is 1.51. The minimum Gasteiger partial charge on any atom is -0.465 e. The van der Waals surface area contributed by atoms with Crippen molar-refractivity contribution in [2.45, 2.75) is 13.5 Å². The van der Waals surface area contributed by atoms with E-state index in [-0.39, 0.29) is 12.1 Å². The van der Waals surface area contributed by atoms with Crippen LogP contribution < -0.4 is 15.8 Å². The van der Waals surface area contributed by atoms with Gasteiger partial charge in [-0.3, -0.25) is 9.59 Å². The molecule has 1 aliphatic rings. The molecule has 0 aromatic carbocycles. The van der Waals surface area contributed by atoms with Gasteiger partial charge < -0.3 is 15.0 Å². The summed E-state index contributed by atoms with van der Waals surface area (Å²) >= 11 is 0. The summed E-state index contributed by atoms with van der Waals surface area (Å²) < 4.78 is 5.90. The number of carbonyl (C=O) groups is 1. The fourth-order valence-electron chi connectivity index (χ4n) is 1.97. The molecule has 2 heterocycles. The molecule has 0 saturated carbocycles. The van der Waals surface area contributed by atoms with Crippen molar-refractivity contribution in [3.05, 3.63) is 22.6 Å². The van der Waals surface area contributed by atoms with Crippen LogP contribution in [0.4, 0.5) is 5.69 Å². The predicted molar refractivity (Wildman–Crippen MR) is 70.2 cm³/mol. The SMILES string of the molecule is CCOC(=O)Cn1ncc(N2CCNCC2)cc1=O. The summed E-state index contributed by atoms with van der Waals surface area (Å²) in [7, 11) is 0. The van der Waals surface area contributed by atoms with Crippen molar-refractivity contribution in [2.75, 3.05) is 37.7 Å². The van der Waals surface area contributed by atoms with Gasteiger partial charge >= 0.3 is 5.97 Å². The molecule has 1 aromatic heterocycles. The van der Waals surface area contributed by atoms with Crippen LogP contribution in [0.1, 0.15) is 6.92 Å². The van der Waals surface area contributed by atoms with E-state index in [1.54, 1.807) is 13.1 Å². The third kappa shape index (κ3) is 3.54. The molecule has 1 N–H and O–H groups in total. The van der Waals surface area contributed by atoms with Gasteiger partial charge in [0.05, 0.1) is 18.5 Å². The topological polar surface area (TPSA) is 76.5 Å². The molecule has 2 rings (SSSR count). The van der Waals surface area contributed by atoms with Gasteiger partial charge in [-0.15, -0.1) is 0 Å². The molecule has 7 heteroatoms. The van der Waals surface area contributed by atoms with Crippen molar-refractivity contribution < 1.29 is 9.53 Å². The number of aromatic nitrogens is 2. The molecule has 104 valence electrons. The van der Waals surface area contributed by atoms with E-state index in [1.807, 2.05) is 0 Å². The standard InChI is InChI=1S/C12H18N4O3/c1-2-19-12(18)9-16-11(17)7-10(8-14-16)15-5-3-13-4-6-15/h7-8,13H,2-6,9H2,1H3. The first-order valence-corrected chi connectivity index (χ1v) is 6.39. The highest BCUT2D eigenvalue weighted by molar-refractivity contribution is 5.69. The van der Waals surface area contributed by atoms with Gasteiger partial charge in [0.15, 0.2) is 0 Å². The molecule has 0 spiro atoms. The van der Waals surface area contributed by atoms with Crippen LogP contribution in [-0.2, 0) is 16.1 Å². The molecule has 1 aromatic rings. The molecular formula is C12H18N4O3. The van der Waals surface area contributed by atoms with Crippen LogP contribution in [0.3, 0.4) is 0 Å². The molecule has 1 saturated heterocycles. The summed E-state index contributed by atoms with van der Waals surface area (Å²) in [5.74, 6) is -0.452. The summed E-state index contributed by atoms with van der Waals surface area (Å²) in [6.07, 6.45) is 1.62. The second kappa shape index (κ2) is 6.33. The molecule has 1 fully saturated rings. The Morgan fingerprint density at radius 2 is 2.21 bits per heavy atom. The quantitative estimate of drug-likeness (QED) is 0.720. The van der Waals surface area contributed by atoms with Crippen LogP contribution in [0.15, 0.2) is 17.1 Å². The first-order valence-electron chi connectivity index (χ1n) is 6.39. The van der Waals surface area contributed by atoms with E-state index < -0.39 is 5.97 Å². The maximum absolute atomic E-state index is 11.9. The summed E-state index contributed by atoms with van der Waals surface area (Å²) in [4.78, 5) is 25.3. The Labute approximate surface area is 111 Å². The van der Waals surface area contributed by atoms with E-state index in [2.05, 4.69) is 15.3 Å². The molecule has 0 radical (unpaired) electrons. The van der Waals surface area contributed by atoms with Gasteiger partial charge in [-0.25, -0.2) is 4.68 Å². The Balaban J connectivity index is 2.08. The molecular weight excluding hydrogens is 248 g/mol. The summed E-state index contributed by atoms with van der Waals surface area (Å²) in [5, 5.41) is 7.26. The first-order chi connectivity index (χ1) is 9.20. The number of rotatable bonds is 4. The van der Waals surface area contributed by atoms with E-state index >= 15 is 0 Å². The highest BCUT2D eigenvalue weighted by Gasteiger charge is 2.13. The van der Waals surface area contributed by atoms with Crippen LogP contribution >= 0.6 is 0 Å². The lowest BCUT2D eigenvalue weighted by Gasteiger charge is -2.28. The number of nitrogens with one attached hydrogen (secondary N) is 1. The van der Waals surface area contributed by atoms with Crippen LogP contribution in [0.5, 0.6) is 0 Å². The predicted octanol–water partition coefficient (Wildman–Crippen LogP) is -0.784. The van der Waals surface area contributed by atoms with E-state index in [4.69, 9.17) is 4.74 Å². The minimum atomic E-state index is -0.452. The lowest BCUT2D eigenvalue weighted by atomic mass is 10.3. The highest BCUT2D eigenvalue weighted by atomic mass is 16.5. The van der Waals surface area contributed by atoms with Crippen LogP contribution in [0, 0.1) is 0 Å². The Morgan fingerprint density at radius 1 is 1.47 bits per heavy atom. The van der Waals surface area contributed by atoms with Gasteiger partial charge in [0.1, 0.15) is 6.54 Å². The Hall–Kier alpha value is -1.89. The van der Waals surface area contributed by atoms with Gasteiger partial charge in [0.25, 0.3) is 5.56 Å². The number of esters is 1. The van der Waals surface area contributed by atoms with E-state index in [0.29, 0.717) is 6.61 Å². The Morgan fingerprint density at radius 3 is 2.84 bits per heavy atom. The summed E-state index contributed by atoms with van der Waals surface area (Å²) in [6.45, 7) is 5.37. The van der Waals surface area contributed by atoms with Crippen molar-refractivity contribution >= 4 is 11.7 Å². The monoisotopic (exact) mass is 266 g/mol. The fraction of sp³-hybridized carbons (Fsp3) is 0.583. The molecule has 1 aliphatic heterocycles. The van der Waals surface area contributed by atoms with Crippen molar-refractivity contribution in [1.29, 1.82) is 0 Å². The number of carbonyl (C=O) groups excluding carboxylic acids is 1. The Bertz CT molecular complexity index is 494. The molecule has 19 heavy (non-hydrogen) atoms. The van der Waals surface area contributed by atoms with Crippen molar-refractivity contribution in [1.82, 2.24) is 15.1 Å². The lowest BCUT2D eigenvalue weighted by molar-refractivity contribution is -0.144. The van der Waals surface area contributed by atoms with Crippen molar-refractivity contribution in [2.24, 2.45) is 0 Å². The number of hydrogen-bond donors (Lipinski definition) is 1. The molecule has 0 unspecified atom stereocenters. The number of anilines is 1. The second-order valence-corrected chi connectivity index (χ2v) is 4.25. The van der Waals surface area contributed by atoms with E-state index in [9.17, 15) is 9.59 Å². The van der Waals surface area contributed by atoms with Crippen LogP contribution in [-0.4, -0.2) is 48.5 Å². The van der Waals surface area contributed by atoms with Crippen LogP contribution in [0.2, 0.25) is 0 Å². The van der Waals surface area contributed by atoms with Gasteiger partial charge in [-0.05, 0) is 6.92 Å². The van der Waals surface area contributed by atoms with Gasteiger partial charge in [-0.2, -0.15) is 5.10 Å². The van der Waals surface area contributed by atoms with Gasteiger partial charge in [0.2, 0.25) is 0 Å². The molecule has 0 aliphatic carbocycles. The largest absolute Gasteiger partial charge is 0.465 e. The summed E-state index contributed by atoms with van der Waals surface area (Å²) in [5.41, 5.74) is 0.510. The van der Waals surface area contributed by atoms with Crippen LogP contribution in [0.25, 0.3) is 0 Å². The average Bonchev–Trinajstić information content (AvgIpc) is 2.42. The minimum absolute atomic E-state index is 0.144. The fourth-order valence-corrected chi connectivity index (χ4v) is 1.97. The number of piperazine rings is 1. The van der Waals surface area contributed by atoms with Crippen molar-refractivity contribution in [3.63, 3.8) is 0 Å². The zero-order valence-corrected chi connectivity index (χ0v) is 11.0. The second-order valence-electron chi connectivity index (χ2n) is 4.25. The third-order valence-corrected chi connectivity index (χ3v) is 2.92. The van der Waals surface area contributed by atoms with Crippen molar-refractivity contribution in [3.8, 4) is 0 Å². The molecule has 7 nitrogen and oxygen atoms in total. The lowest BCUT2D eigenvalue weighted by Crippen LogP contribution is -2.44. The number of hydrogen-bond acceptors (Lipinski definition) is 6. The Kier molecular flexibility index (Phi) is 4.51. The molecule has 0 atom stereocenters. The maximum Gasteiger partial charge on any atom is 0.327 e. The number of ether oxygens (including phenoxy) is 1. The number of nitrogens with zero attached hydrogens (tertiary/aromatic N) is 3. The van der Waals surface area contributed by atoms with Gasteiger partial charge in [0, 0.05) is 32.2 Å². The molecule has 0 amide bonds. The third-order valence-electron chi connectivity index (χ3n) is 2.92. The normalized spacial score (nSPS) is 15.3. The molecule has 0 bridgehead atoms. The zero-order chi connectivity index (χ0) is 13.7. The average molecular weight is 266 g/mol. The maximum atomic E-state index is 11.9. The first kappa shape index (κ1) is 13.5. The smallest absolute Gasteiger partial charge is 0.327 e. The van der Waals surface area contributed by atoms with E-state index in [0.717, 1.165) is 36.5 Å². The van der Waals surface area contributed by atoms with Gasteiger partial charge in [-0.1, -0.05) is 0 Å².